The molecule has 14 heavy (non-hydrogen) atoms. The highest BCUT2D eigenvalue weighted by Crippen LogP contribution is 2.12. The molecule has 0 aliphatic carbocycles. The van der Waals surface area contributed by atoms with E-state index < -0.39 is 7.12 Å². The van der Waals surface area contributed by atoms with Crippen LogP contribution in [0.25, 0.3) is 10.9 Å². The lowest BCUT2D eigenvalue weighted by Gasteiger charge is -2.05. The minimum absolute atomic E-state index is 0.538. The summed E-state index contributed by atoms with van der Waals surface area (Å²) in [5.74, 6) is 0. The van der Waals surface area contributed by atoms with Gasteiger partial charge in [-0.15, -0.1) is 0 Å². The van der Waals surface area contributed by atoms with Gasteiger partial charge < -0.3 is 10.0 Å². The van der Waals surface area contributed by atoms with Gasteiger partial charge in [-0.05, 0) is 18.5 Å². The van der Waals surface area contributed by atoms with E-state index in [0.29, 0.717) is 5.46 Å². The van der Waals surface area contributed by atoms with Crippen LogP contribution in [0.3, 0.4) is 0 Å². The van der Waals surface area contributed by atoms with Crippen molar-refractivity contribution < 1.29 is 10.0 Å². The molecule has 0 amide bonds. The molecule has 0 aliphatic rings. The second-order valence-corrected chi connectivity index (χ2v) is 3.37. The maximum Gasteiger partial charge on any atom is 0.489 e. The Hall–Kier alpha value is -1.33. The van der Waals surface area contributed by atoms with Gasteiger partial charge in [0, 0.05) is 12.4 Å². The molecular weight excluding hydrogens is 179 g/mol. The number of benzene rings is 1. The van der Waals surface area contributed by atoms with Gasteiger partial charge in [0.1, 0.15) is 0 Å². The molecule has 4 nitrogen and oxygen atoms in total. The first-order valence-electron chi connectivity index (χ1n) is 4.38. The highest BCUT2D eigenvalue weighted by Gasteiger charge is 2.18. The van der Waals surface area contributed by atoms with E-state index in [-0.39, 0.29) is 0 Å². The lowest BCUT2D eigenvalue weighted by Crippen LogP contribution is -2.32. The van der Waals surface area contributed by atoms with Crippen molar-refractivity contribution in [2.24, 2.45) is 7.05 Å². The number of fused-ring (bicyclic) bond motifs is 1. The minimum Gasteiger partial charge on any atom is -0.423 e. The average Bonchev–Trinajstić information content (AvgIpc) is 2.47. The largest absolute Gasteiger partial charge is 0.489 e. The summed E-state index contributed by atoms with van der Waals surface area (Å²) < 4.78 is 1.71. The zero-order valence-corrected chi connectivity index (χ0v) is 8.10. The van der Waals surface area contributed by atoms with Crippen LogP contribution in [0.5, 0.6) is 0 Å². The second kappa shape index (κ2) is 3.11. The molecule has 0 unspecified atom stereocenters. The van der Waals surface area contributed by atoms with E-state index >= 15 is 0 Å². The highest BCUT2D eigenvalue weighted by atomic mass is 16.4. The molecule has 72 valence electrons. The van der Waals surface area contributed by atoms with Crippen LogP contribution in [0.4, 0.5) is 0 Å². The van der Waals surface area contributed by atoms with Crippen molar-refractivity contribution in [1.82, 2.24) is 9.78 Å². The van der Waals surface area contributed by atoms with Gasteiger partial charge in [-0.1, -0.05) is 11.6 Å². The Morgan fingerprint density at radius 1 is 1.36 bits per heavy atom. The number of hydrogen-bond donors (Lipinski definition) is 2. The number of aryl methyl sites for hydroxylation is 2. The molecule has 5 heteroatoms. The standard InChI is InChI=1S/C9H11BN2O2/c1-6-3-4-8-7(5-11-12(8)2)9(6)10(13)14/h3-5,13-14H,1-2H3. The third kappa shape index (κ3) is 1.22. The Morgan fingerprint density at radius 2 is 2.07 bits per heavy atom. The first-order valence-corrected chi connectivity index (χ1v) is 4.38. The summed E-state index contributed by atoms with van der Waals surface area (Å²) in [6.45, 7) is 1.85. The van der Waals surface area contributed by atoms with Crippen molar-refractivity contribution in [3.63, 3.8) is 0 Å². The summed E-state index contributed by atoms with van der Waals surface area (Å²) >= 11 is 0. The van der Waals surface area contributed by atoms with E-state index in [0.717, 1.165) is 16.5 Å². The quantitative estimate of drug-likeness (QED) is 0.599. The first-order chi connectivity index (χ1) is 6.61. The van der Waals surface area contributed by atoms with E-state index in [1.807, 2.05) is 26.1 Å². The molecule has 0 bridgehead atoms. The molecule has 0 aliphatic heterocycles. The minimum atomic E-state index is -1.44. The fourth-order valence-corrected chi connectivity index (χ4v) is 1.70. The Bertz CT molecular complexity index is 479. The van der Waals surface area contributed by atoms with E-state index in [2.05, 4.69) is 5.10 Å². The molecule has 1 aromatic carbocycles. The van der Waals surface area contributed by atoms with E-state index in [4.69, 9.17) is 0 Å². The van der Waals surface area contributed by atoms with Crippen molar-refractivity contribution in [2.45, 2.75) is 6.92 Å². The Kier molecular flexibility index (Phi) is 2.05. The molecule has 0 fully saturated rings. The summed E-state index contributed by atoms with van der Waals surface area (Å²) in [6.07, 6.45) is 1.65. The van der Waals surface area contributed by atoms with Crippen molar-refractivity contribution in [1.29, 1.82) is 0 Å². The smallest absolute Gasteiger partial charge is 0.423 e. The molecule has 1 aromatic heterocycles. The van der Waals surface area contributed by atoms with Crippen LogP contribution in [0.2, 0.25) is 0 Å². The molecule has 2 N–H and O–H groups in total. The summed E-state index contributed by atoms with van der Waals surface area (Å²) in [6, 6.07) is 3.78. The third-order valence-corrected chi connectivity index (χ3v) is 2.45. The van der Waals surface area contributed by atoms with Crippen LogP contribution < -0.4 is 5.46 Å². The van der Waals surface area contributed by atoms with Crippen molar-refractivity contribution in [3.05, 3.63) is 23.9 Å². The molecule has 0 radical (unpaired) electrons. The SMILES string of the molecule is Cc1ccc2c(cnn2C)c1B(O)O. The highest BCUT2D eigenvalue weighted by molar-refractivity contribution is 6.62. The number of aromatic nitrogens is 2. The van der Waals surface area contributed by atoms with Gasteiger partial charge in [-0.3, -0.25) is 4.68 Å². The molecule has 0 saturated carbocycles. The lowest BCUT2D eigenvalue weighted by molar-refractivity contribution is 0.426. The Labute approximate surface area is 81.9 Å². The number of rotatable bonds is 1. The van der Waals surface area contributed by atoms with Gasteiger partial charge >= 0.3 is 7.12 Å². The van der Waals surface area contributed by atoms with Gasteiger partial charge in [0.25, 0.3) is 0 Å². The molecule has 0 atom stereocenters. The third-order valence-electron chi connectivity index (χ3n) is 2.45. The molecule has 1 heterocycles. The number of nitrogens with zero attached hydrogens (tertiary/aromatic N) is 2. The van der Waals surface area contributed by atoms with Gasteiger partial charge in [0.2, 0.25) is 0 Å². The fourth-order valence-electron chi connectivity index (χ4n) is 1.70. The van der Waals surface area contributed by atoms with Crippen LogP contribution in [0.15, 0.2) is 18.3 Å². The monoisotopic (exact) mass is 190 g/mol. The zero-order chi connectivity index (χ0) is 10.3. The Balaban J connectivity index is 2.83. The van der Waals surface area contributed by atoms with Gasteiger partial charge in [0.15, 0.2) is 0 Å². The summed E-state index contributed by atoms with van der Waals surface area (Å²) in [5.41, 5.74) is 2.30. The average molecular weight is 190 g/mol. The van der Waals surface area contributed by atoms with Gasteiger partial charge in [0.05, 0.1) is 11.7 Å². The second-order valence-electron chi connectivity index (χ2n) is 3.37. The van der Waals surface area contributed by atoms with Crippen LogP contribution in [-0.2, 0) is 7.05 Å². The summed E-state index contributed by atoms with van der Waals surface area (Å²) in [4.78, 5) is 0. The van der Waals surface area contributed by atoms with E-state index in [1.54, 1.807) is 10.9 Å². The maximum atomic E-state index is 9.23. The van der Waals surface area contributed by atoms with Crippen molar-refractivity contribution in [3.8, 4) is 0 Å². The molecule has 2 aromatic rings. The topological polar surface area (TPSA) is 58.3 Å². The predicted octanol–water partition coefficient (Wildman–Crippen LogP) is -0.438. The lowest BCUT2D eigenvalue weighted by atomic mass is 9.75. The number of hydrogen-bond acceptors (Lipinski definition) is 3. The van der Waals surface area contributed by atoms with Crippen LogP contribution in [0, 0.1) is 6.92 Å². The normalized spacial score (nSPS) is 10.9. The zero-order valence-electron chi connectivity index (χ0n) is 8.10. The van der Waals surface area contributed by atoms with Crippen LogP contribution in [0.1, 0.15) is 5.56 Å². The van der Waals surface area contributed by atoms with Gasteiger partial charge in [-0.2, -0.15) is 5.10 Å². The van der Waals surface area contributed by atoms with Crippen LogP contribution in [-0.4, -0.2) is 26.9 Å². The first kappa shape index (κ1) is 9.24. The van der Waals surface area contributed by atoms with E-state index in [1.165, 1.54) is 0 Å². The molecule has 0 saturated heterocycles. The fraction of sp³-hybridized carbons (Fsp3) is 0.222. The van der Waals surface area contributed by atoms with Crippen molar-refractivity contribution in [2.75, 3.05) is 0 Å². The maximum absolute atomic E-state index is 9.23. The Morgan fingerprint density at radius 3 is 2.71 bits per heavy atom. The van der Waals surface area contributed by atoms with Crippen LogP contribution >= 0.6 is 0 Å². The summed E-state index contributed by atoms with van der Waals surface area (Å²) in [7, 11) is 0.383. The van der Waals surface area contributed by atoms with Crippen molar-refractivity contribution >= 4 is 23.5 Å². The van der Waals surface area contributed by atoms with Gasteiger partial charge in [-0.25, -0.2) is 0 Å². The molecule has 2 rings (SSSR count). The predicted molar refractivity (Wildman–Crippen MR) is 55.3 cm³/mol. The van der Waals surface area contributed by atoms with E-state index in [9.17, 15) is 10.0 Å². The molecular formula is C9H11BN2O2. The molecule has 0 spiro atoms. The summed E-state index contributed by atoms with van der Waals surface area (Å²) in [5, 5.41) is 23.3.